The second-order valence-electron chi connectivity index (χ2n) is 8.13. The van der Waals surface area contributed by atoms with Crippen LogP contribution in [-0.2, 0) is 4.79 Å². The van der Waals surface area contributed by atoms with Gasteiger partial charge in [0.15, 0.2) is 11.5 Å². The molecule has 0 saturated carbocycles. The normalized spacial score (nSPS) is 19.3. The van der Waals surface area contributed by atoms with Crippen LogP contribution in [0.1, 0.15) is 45.1 Å². The van der Waals surface area contributed by atoms with Crippen LogP contribution >= 0.6 is 11.8 Å². The van der Waals surface area contributed by atoms with E-state index in [0.29, 0.717) is 24.6 Å². The van der Waals surface area contributed by atoms with Crippen molar-refractivity contribution in [2.24, 2.45) is 0 Å². The smallest absolute Gasteiger partial charge is 0.317 e. The molecule has 1 aliphatic rings. The van der Waals surface area contributed by atoms with Gasteiger partial charge in [0, 0.05) is 25.7 Å². The molecule has 1 N–H and O–H groups in total. The molecule has 3 amide bonds. The van der Waals surface area contributed by atoms with Crippen LogP contribution < -0.4 is 14.8 Å². The van der Waals surface area contributed by atoms with Crippen LogP contribution in [0.3, 0.4) is 0 Å². The summed E-state index contributed by atoms with van der Waals surface area (Å²) < 4.78 is 10.8. The molecular weight excluding hydrogens is 390 g/mol. The van der Waals surface area contributed by atoms with Gasteiger partial charge < -0.3 is 24.6 Å². The number of hydrogen-bond acceptors (Lipinski definition) is 5. The van der Waals surface area contributed by atoms with Crippen LogP contribution in [-0.4, -0.2) is 66.9 Å². The van der Waals surface area contributed by atoms with Gasteiger partial charge in [-0.2, -0.15) is 0 Å². The Kier molecular flexibility index (Phi) is 7.68. The van der Waals surface area contributed by atoms with Crippen LogP contribution in [0.4, 0.5) is 4.79 Å². The summed E-state index contributed by atoms with van der Waals surface area (Å²) in [4.78, 5) is 28.8. The zero-order valence-electron chi connectivity index (χ0n) is 18.4. The molecule has 0 radical (unpaired) electrons. The molecule has 0 spiro atoms. The first kappa shape index (κ1) is 23.2. The van der Waals surface area contributed by atoms with E-state index in [9.17, 15) is 9.59 Å². The summed E-state index contributed by atoms with van der Waals surface area (Å²) in [5, 5.41) is 2.74. The van der Waals surface area contributed by atoms with Gasteiger partial charge >= 0.3 is 6.03 Å². The van der Waals surface area contributed by atoms with Gasteiger partial charge in [0.2, 0.25) is 5.91 Å². The molecule has 0 bridgehead atoms. The fourth-order valence-corrected chi connectivity index (χ4v) is 4.54. The van der Waals surface area contributed by atoms with E-state index in [1.165, 1.54) is 0 Å². The highest BCUT2D eigenvalue weighted by molar-refractivity contribution is 8.01. The van der Waals surface area contributed by atoms with Crippen molar-refractivity contribution in [1.29, 1.82) is 0 Å². The van der Waals surface area contributed by atoms with E-state index in [0.717, 1.165) is 12.0 Å². The lowest BCUT2D eigenvalue weighted by Crippen LogP contribution is -2.49. The number of thioether (sulfide) groups is 1. The third-order valence-corrected chi connectivity index (χ3v) is 6.35. The zero-order valence-corrected chi connectivity index (χ0v) is 19.3. The zero-order chi connectivity index (χ0) is 21.8. The number of hydrogen-bond donors (Lipinski definition) is 1. The highest BCUT2D eigenvalue weighted by Gasteiger charge is 2.40. The van der Waals surface area contributed by atoms with Crippen molar-refractivity contribution in [2.45, 2.75) is 50.3 Å². The maximum absolute atomic E-state index is 12.9. The van der Waals surface area contributed by atoms with E-state index >= 15 is 0 Å². The van der Waals surface area contributed by atoms with Gasteiger partial charge in [-0.25, -0.2) is 4.79 Å². The van der Waals surface area contributed by atoms with Gasteiger partial charge in [0.1, 0.15) is 5.37 Å². The summed E-state index contributed by atoms with van der Waals surface area (Å²) in [5.41, 5.74) is 0.680. The molecule has 2 rings (SSSR count). The first-order chi connectivity index (χ1) is 13.6. The second-order valence-corrected chi connectivity index (χ2v) is 9.42. The SMILES string of the molecule is CC[C@H]1S[C@H](c2ccc(OC)c(OC)c2)N(CCN(C)C(=O)NC(C)(C)C)C1=O. The number of urea groups is 1. The molecule has 8 heteroatoms. The summed E-state index contributed by atoms with van der Waals surface area (Å²) in [7, 11) is 4.95. The van der Waals surface area contributed by atoms with Crippen molar-refractivity contribution in [2.75, 3.05) is 34.4 Å². The van der Waals surface area contributed by atoms with Crippen molar-refractivity contribution in [3.63, 3.8) is 0 Å². The van der Waals surface area contributed by atoms with Crippen LogP contribution in [0.2, 0.25) is 0 Å². The number of carbonyl (C=O) groups is 2. The topological polar surface area (TPSA) is 71.1 Å². The van der Waals surface area contributed by atoms with Crippen LogP contribution in [0.25, 0.3) is 0 Å². The average molecular weight is 424 g/mol. The van der Waals surface area contributed by atoms with Crippen molar-refractivity contribution in [3.05, 3.63) is 23.8 Å². The summed E-state index contributed by atoms with van der Waals surface area (Å²) >= 11 is 1.64. The highest BCUT2D eigenvalue weighted by Crippen LogP contribution is 2.45. The summed E-state index contributed by atoms with van der Waals surface area (Å²) in [5.74, 6) is 1.41. The standard InChI is InChI=1S/C21H33N3O4S/c1-8-17-18(25)24(12-11-23(5)20(26)22-21(2,3)4)19(29-17)14-9-10-15(27-6)16(13-14)28-7/h9-10,13,17,19H,8,11-12H2,1-7H3,(H,22,26)/t17-,19-/m1/s1. The minimum Gasteiger partial charge on any atom is -0.493 e. The fraction of sp³-hybridized carbons (Fsp3) is 0.619. The Balaban J connectivity index is 2.17. The van der Waals surface area contributed by atoms with E-state index in [1.54, 1.807) is 37.9 Å². The van der Waals surface area contributed by atoms with E-state index in [4.69, 9.17) is 9.47 Å². The quantitative estimate of drug-likeness (QED) is 0.727. The van der Waals surface area contributed by atoms with Crippen molar-refractivity contribution < 1.29 is 19.1 Å². The van der Waals surface area contributed by atoms with Crippen LogP contribution in [0, 0.1) is 0 Å². The minimum atomic E-state index is -0.305. The van der Waals surface area contributed by atoms with Gasteiger partial charge in [-0.05, 0) is 44.9 Å². The highest BCUT2D eigenvalue weighted by atomic mass is 32.2. The Morgan fingerprint density at radius 2 is 1.90 bits per heavy atom. The van der Waals surface area contributed by atoms with Gasteiger partial charge in [-0.3, -0.25) is 4.79 Å². The second kappa shape index (κ2) is 9.61. The van der Waals surface area contributed by atoms with Crippen molar-refractivity contribution in [1.82, 2.24) is 15.1 Å². The minimum absolute atomic E-state index is 0.0817. The number of nitrogens with one attached hydrogen (secondary N) is 1. The Bertz CT molecular complexity index is 735. The van der Waals surface area contributed by atoms with Crippen LogP contribution in [0.5, 0.6) is 11.5 Å². The Morgan fingerprint density at radius 1 is 1.24 bits per heavy atom. The van der Waals surface area contributed by atoms with Gasteiger partial charge in [-0.1, -0.05) is 13.0 Å². The molecule has 1 heterocycles. The summed E-state index contributed by atoms with van der Waals surface area (Å²) in [6.07, 6.45) is 0.768. The summed E-state index contributed by atoms with van der Waals surface area (Å²) in [6, 6.07) is 5.60. The Morgan fingerprint density at radius 3 is 2.45 bits per heavy atom. The third kappa shape index (κ3) is 5.72. The third-order valence-electron chi connectivity index (χ3n) is 4.70. The first-order valence-electron chi connectivity index (χ1n) is 9.82. The van der Waals surface area contributed by atoms with Crippen molar-refractivity contribution >= 4 is 23.7 Å². The molecule has 2 atom stereocenters. The molecule has 1 aromatic rings. The largest absolute Gasteiger partial charge is 0.493 e. The van der Waals surface area contributed by atoms with E-state index in [-0.39, 0.29) is 28.1 Å². The Labute approximate surface area is 178 Å². The van der Waals surface area contributed by atoms with E-state index in [2.05, 4.69) is 5.32 Å². The monoisotopic (exact) mass is 423 g/mol. The molecule has 162 valence electrons. The van der Waals surface area contributed by atoms with Gasteiger partial charge in [0.25, 0.3) is 0 Å². The molecule has 1 fully saturated rings. The number of nitrogens with zero attached hydrogens (tertiary/aromatic N) is 2. The van der Waals surface area contributed by atoms with Gasteiger partial charge in [0.05, 0.1) is 19.5 Å². The molecule has 0 aliphatic carbocycles. The number of likely N-dealkylation sites (N-methyl/N-ethyl adjacent to an activating group) is 1. The number of carbonyl (C=O) groups excluding carboxylic acids is 2. The van der Waals surface area contributed by atoms with Crippen molar-refractivity contribution in [3.8, 4) is 11.5 Å². The summed E-state index contributed by atoms with van der Waals surface area (Å²) in [6.45, 7) is 8.77. The fourth-order valence-electron chi connectivity index (χ4n) is 3.13. The number of ether oxygens (including phenoxy) is 2. The molecule has 29 heavy (non-hydrogen) atoms. The lowest BCUT2D eigenvalue weighted by atomic mass is 10.1. The Hall–Kier alpha value is -2.09. The molecule has 1 saturated heterocycles. The van der Waals surface area contributed by atoms with Crippen LogP contribution in [0.15, 0.2) is 18.2 Å². The van der Waals surface area contributed by atoms with E-state index in [1.807, 2.05) is 50.8 Å². The average Bonchev–Trinajstić information content (AvgIpc) is 2.99. The number of rotatable bonds is 7. The molecule has 0 aromatic heterocycles. The first-order valence-corrected chi connectivity index (χ1v) is 10.8. The maximum Gasteiger partial charge on any atom is 0.317 e. The number of amides is 3. The number of methoxy groups -OCH3 is 2. The molecular formula is C21H33N3O4S. The number of benzene rings is 1. The molecule has 1 aromatic carbocycles. The molecule has 1 aliphatic heterocycles. The lowest BCUT2D eigenvalue weighted by Gasteiger charge is -2.29. The van der Waals surface area contributed by atoms with E-state index < -0.39 is 0 Å². The molecule has 0 unspecified atom stereocenters. The molecule has 7 nitrogen and oxygen atoms in total. The predicted octanol–water partition coefficient (Wildman–Crippen LogP) is 3.50. The van der Waals surface area contributed by atoms with Gasteiger partial charge in [-0.15, -0.1) is 11.8 Å². The maximum atomic E-state index is 12.9. The lowest BCUT2D eigenvalue weighted by molar-refractivity contribution is -0.130. The predicted molar refractivity (Wildman–Crippen MR) is 117 cm³/mol.